The fourth-order valence-electron chi connectivity index (χ4n) is 6.06. The van der Waals surface area contributed by atoms with Gasteiger partial charge in [0.1, 0.15) is 54.1 Å². The third-order valence-electron chi connectivity index (χ3n) is 9.68. The number of nitrogens with zero attached hydrogens (tertiary/aromatic N) is 2. The van der Waals surface area contributed by atoms with Crippen molar-refractivity contribution in [1.82, 2.24) is 47.2 Å². The number of amides is 7. The summed E-state index contributed by atoms with van der Waals surface area (Å²) in [5.41, 5.74) is 17.0. The molecule has 9 unspecified atom stereocenters. The maximum Gasteiger partial charge on any atom is 0.326 e. The lowest BCUT2D eigenvalue weighted by Crippen LogP contribution is -2.62. The van der Waals surface area contributed by atoms with Crippen LogP contribution in [-0.4, -0.2) is 157 Å². The van der Waals surface area contributed by atoms with Gasteiger partial charge in [0.15, 0.2) is 5.96 Å². The summed E-state index contributed by atoms with van der Waals surface area (Å²) in [5, 5.41) is 56.6. The Morgan fingerprint density at radius 1 is 0.742 bits per heavy atom. The number of aliphatic hydroxyl groups excluding tert-OH is 2. The van der Waals surface area contributed by atoms with Crippen molar-refractivity contribution in [2.75, 3.05) is 18.9 Å². The molecule has 0 fully saturated rings. The molecule has 2 rings (SSSR count). The second kappa shape index (κ2) is 27.7. The predicted octanol–water partition coefficient (Wildman–Crippen LogP) is -4.87. The van der Waals surface area contributed by atoms with E-state index in [0.717, 1.165) is 0 Å². The number of carboxylic acids is 1. The number of thiol groups is 1. The van der Waals surface area contributed by atoms with Crippen molar-refractivity contribution in [3.63, 3.8) is 0 Å². The van der Waals surface area contributed by atoms with E-state index in [9.17, 15) is 58.8 Å². The van der Waals surface area contributed by atoms with Crippen LogP contribution in [0.5, 0.6) is 5.75 Å². The SMILES string of the molecule is CC(C)CC(NC(=O)C(CS)NC(=O)C(N)CO)C(=O)NC(C(=O)NC(C)C(=O)NC(Cc1ccc(O)cc1)C(=O)NC(Cc1cnc[nH]1)C(=O)NC(CCCN=C(N)N)C(=O)O)C(C)O. The zero-order chi connectivity index (χ0) is 49.7. The van der Waals surface area contributed by atoms with Crippen LogP contribution in [-0.2, 0) is 51.2 Å². The van der Waals surface area contributed by atoms with E-state index in [4.69, 9.17) is 17.2 Å². The molecule has 18 N–H and O–H groups in total. The number of guanidine groups is 1. The molecule has 7 amide bonds. The number of hydrogen-bond acceptors (Lipinski definition) is 15. The molecule has 0 aliphatic rings. The minimum absolute atomic E-state index is 0.0453. The number of aliphatic imine (C=N–C) groups is 1. The summed E-state index contributed by atoms with van der Waals surface area (Å²) in [4.78, 5) is 117. The van der Waals surface area contributed by atoms with E-state index in [1.165, 1.54) is 50.6 Å². The average Bonchev–Trinajstić information content (AvgIpc) is 3.77. The van der Waals surface area contributed by atoms with Gasteiger partial charge < -0.3 is 79.8 Å². The van der Waals surface area contributed by atoms with Gasteiger partial charge in [-0.3, -0.25) is 38.6 Å². The zero-order valence-electron chi connectivity index (χ0n) is 37.0. The normalized spacial score (nSPS) is 15.2. The van der Waals surface area contributed by atoms with Crippen LogP contribution in [0.25, 0.3) is 0 Å². The number of nitrogens with one attached hydrogen (secondary N) is 8. The fourth-order valence-corrected chi connectivity index (χ4v) is 6.32. The number of benzene rings is 1. The van der Waals surface area contributed by atoms with E-state index in [-0.39, 0.29) is 62.0 Å². The third-order valence-corrected chi connectivity index (χ3v) is 10.0. The molecular formula is C40H63N13O12S. The van der Waals surface area contributed by atoms with E-state index in [0.29, 0.717) is 11.3 Å². The number of phenolic OH excluding ortho intramolecular Hbond substituents is 1. The van der Waals surface area contributed by atoms with Crippen molar-refractivity contribution < 1.29 is 58.8 Å². The van der Waals surface area contributed by atoms with Gasteiger partial charge >= 0.3 is 5.97 Å². The van der Waals surface area contributed by atoms with Crippen LogP contribution in [0.15, 0.2) is 41.8 Å². The highest BCUT2D eigenvalue weighted by molar-refractivity contribution is 7.80. The van der Waals surface area contributed by atoms with Gasteiger partial charge in [-0.1, -0.05) is 26.0 Å². The largest absolute Gasteiger partial charge is 0.508 e. The number of carbonyl (C=O) groups excluding carboxylic acids is 7. The smallest absolute Gasteiger partial charge is 0.326 e. The Hall–Kier alpha value is -6.51. The number of aromatic nitrogens is 2. The molecule has 0 bridgehead atoms. The van der Waals surface area contributed by atoms with E-state index in [1.54, 1.807) is 13.8 Å². The Balaban J connectivity index is 2.31. The summed E-state index contributed by atoms with van der Waals surface area (Å²) in [5.74, 6) is -8.36. The first-order chi connectivity index (χ1) is 31.1. The summed E-state index contributed by atoms with van der Waals surface area (Å²) >= 11 is 4.09. The van der Waals surface area contributed by atoms with Crippen molar-refractivity contribution in [2.24, 2.45) is 28.1 Å². The van der Waals surface area contributed by atoms with Crippen molar-refractivity contribution >= 4 is 65.9 Å². The number of aliphatic hydroxyl groups is 2. The molecule has 66 heavy (non-hydrogen) atoms. The number of hydrogen-bond donors (Lipinski definition) is 16. The molecule has 25 nitrogen and oxygen atoms in total. The first-order valence-corrected chi connectivity index (χ1v) is 21.5. The van der Waals surface area contributed by atoms with Crippen LogP contribution < -0.4 is 54.4 Å². The number of carboxylic acid groups (broad SMARTS) is 1. The fraction of sp³-hybridized carbons (Fsp3) is 0.550. The highest BCUT2D eigenvalue weighted by Gasteiger charge is 2.35. The van der Waals surface area contributed by atoms with Crippen molar-refractivity contribution in [1.29, 1.82) is 0 Å². The molecule has 9 atom stereocenters. The lowest BCUT2D eigenvalue weighted by atomic mass is 10.0. The Morgan fingerprint density at radius 2 is 1.29 bits per heavy atom. The van der Waals surface area contributed by atoms with Crippen molar-refractivity contribution in [3.8, 4) is 5.75 Å². The second-order valence-electron chi connectivity index (χ2n) is 15.8. The van der Waals surface area contributed by atoms with Crippen molar-refractivity contribution in [3.05, 3.63) is 48.0 Å². The van der Waals surface area contributed by atoms with Crippen molar-refractivity contribution in [2.45, 2.75) is 114 Å². The molecule has 0 radical (unpaired) electrons. The van der Waals surface area contributed by atoms with Gasteiger partial charge in [-0.2, -0.15) is 12.6 Å². The number of aromatic hydroxyl groups is 1. The van der Waals surface area contributed by atoms with Crippen LogP contribution in [0.3, 0.4) is 0 Å². The molecule has 1 aromatic carbocycles. The number of nitrogens with two attached hydrogens (primary N) is 3. The predicted molar refractivity (Wildman–Crippen MR) is 241 cm³/mol. The highest BCUT2D eigenvalue weighted by Crippen LogP contribution is 2.13. The van der Waals surface area contributed by atoms with Gasteiger partial charge in [0.2, 0.25) is 41.4 Å². The molecule has 0 saturated carbocycles. The summed E-state index contributed by atoms with van der Waals surface area (Å²) in [6, 6.07) is -5.61. The first kappa shape index (κ1) is 55.6. The second-order valence-corrected chi connectivity index (χ2v) is 16.2. The molecular weight excluding hydrogens is 887 g/mol. The van der Waals surface area contributed by atoms with Crippen LogP contribution in [0.4, 0.5) is 0 Å². The monoisotopic (exact) mass is 949 g/mol. The molecule has 0 aliphatic carbocycles. The topological polar surface area (TPSA) is 421 Å². The minimum atomic E-state index is -1.68. The van der Waals surface area contributed by atoms with Gasteiger partial charge in [-0.05, 0) is 56.7 Å². The minimum Gasteiger partial charge on any atom is -0.508 e. The molecule has 1 aromatic heterocycles. The Kier molecular flexibility index (Phi) is 23.4. The summed E-state index contributed by atoms with van der Waals surface area (Å²) in [7, 11) is 0. The number of phenols is 1. The Bertz CT molecular complexity index is 1970. The molecule has 2 aromatic rings. The third kappa shape index (κ3) is 19.3. The molecule has 26 heteroatoms. The van der Waals surface area contributed by atoms with Gasteiger partial charge in [0.05, 0.1) is 19.0 Å². The van der Waals surface area contributed by atoms with Crippen LogP contribution >= 0.6 is 12.6 Å². The van der Waals surface area contributed by atoms with E-state index in [2.05, 4.69) is 64.8 Å². The number of aromatic amines is 1. The average molecular weight is 950 g/mol. The van der Waals surface area contributed by atoms with Crippen LogP contribution in [0.2, 0.25) is 0 Å². The number of aliphatic carboxylic acids is 1. The van der Waals surface area contributed by atoms with E-state index < -0.39 is 108 Å². The number of rotatable bonds is 28. The van der Waals surface area contributed by atoms with Gasteiger partial charge in [0, 0.05) is 37.0 Å². The molecule has 0 aliphatic heterocycles. The Labute approximate surface area is 386 Å². The van der Waals surface area contributed by atoms with E-state index >= 15 is 0 Å². The summed E-state index contributed by atoms with van der Waals surface area (Å²) < 4.78 is 0. The quantitative estimate of drug-likeness (QED) is 0.0165. The lowest BCUT2D eigenvalue weighted by molar-refractivity contribution is -0.142. The lowest BCUT2D eigenvalue weighted by Gasteiger charge is -2.28. The van der Waals surface area contributed by atoms with Crippen LogP contribution in [0, 0.1) is 5.92 Å². The maximum absolute atomic E-state index is 14.1. The van der Waals surface area contributed by atoms with Gasteiger partial charge in [-0.25, -0.2) is 9.78 Å². The van der Waals surface area contributed by atoms with E-state index in [1.807, 2.05) is 0 Å². The standard InChI is InChI=1S/C40H63N13O12S/c1-19(2)12-27(50-37(62)30(17-66)52-33(58)25(41)16-54)36(61)53-31(21(4)55)38(63)47-20(3)32(57)49-28(13-22-7-9-24(56)10-8-22)34(59)51-29(14-23-15-44-18-46-23)35(60)48-26(39(64)65)6-5-11-45-40(42)43/h7-10,15,18-21,25-31,54-56,66H,5-6,11-14,16-17,41H2,1-4H3,(H,44,46)(H,47,63)(H,48,60)(H,49,57)(H,50,62)(H,51,59)(H,52,58)(H,53,61)(H,64,65)(H4,42,43,45). The number of imidazole rings is 1. The maximum atomic E-state index is 14.1. The molecule has 0 spiro atoms. The summed E-state index contributed by atoms with van der Waals surface area (Å²) in [6.45, 7) is 5.35. The molecule has 366 valence electrons. The molecule has 0 saturated heterocycles. The number of carbonyl (C=O) groups is 8. The summed E-state index contributed by atoms with van der Waals surface area (Å²) in [6.07, 6.45) is 0.935. The zero-order valence-corrected chi connectivity index (χ0v) is 37.9. The Morgan fingerprint density at radius 3 is 1.82 bits per heavy atom. The number of H-pyrrole nitrogens is 1. The molecule has 1 heterocycles. The van der Waals surface area contributed by atoms with Gasteiger partial charge in [0.25, 0.3) is 0 Å². The van der Waals surface area contributed by atoms with Gasteiger partial charge in [-0.15, -0.1) is 0 Å². The highest BCUT2D eigenvalue weighted by atomic mass is 32.1. The first-order valence-electron chi connectivity index (χ1n) is 20.9. The van der Waals surface area contributed by atoms with Crippen LogP contribution in [0.1, 0.15) is 58.2 Å².